The Bertz CT molecular complexity index is 428. The first kappa shape index (κ1) is 10.8. The molecule has 1 aromatic heterocycles. The van der Waals surface area contributed by atoms with E-state index in [1.54, 1.807) is 10.7 Å². The van der Waals surface area contributed by atoms with Crippen LogP contribution >= 0.6 is 0 Å². The molecule has 2 bridgehead atoms. The highest BCUT2D eigenvalue weighted by Crippen LogP contribution is 2.21. The lowest BCUT2D eigenvalue weighted by Gasteiger charge is -2.23. The van der Waals surface area contributed by atoms with E-state index in [0.29, 0.717) is 17.8 Å². The lowest BCUT2D eigenvalue weighted by molar-refractivity contribution is 0.0741. The molecule has 0 aliphatic carbocycles. The first-order valence-electron chi connectivity index (χ1n) is 6.27. The molecule has 3 rings (SSSR count). The lowest BCUT2D eigenvalue weighted by atomic mass is 10.1. The van der Waals surface area contributed by atoms with Crippen molar-refractivity contribution in [2.45, 2.75) is 31.3 Å². The number of carbonyl (C=O) groups is 1. The Morgan fingerprint density at radius 2 is 2.24 bits per heavy atom. The van der Waals surface area contributed by atoms with Crippen molar-refractivity contribution in [2.75, 3.05) is 13.1 Å². The fourth-order valence-corrected chi connectivity index (χ4v) is 2.82. The average Bonchev–Trinajstić information content (AvgIpc) is 2.84. The van der Waals surface area contributed by atoms with Gasteiger partial charge in [0.05, 0.1) is 0 Å². The quantitative estimate of drug-likeness (QED) is 0.764. The first-order chi connectivity index (χ1) is 8.22. The van der Waals surface area contributed by atoms with Gasteiger partial charge in [-0.3, -0.25) is 9.48 Å². The molecule has 2 atom stereocenters. The van der Waals surface area contributed by atoms with Crippen LogP contribution in [-0.4, -0.2) is 45.8 Å². The van der Waals surface area contributed by atoms with Gasteiger partial charge in [-0.1, -0.05) is 0 Å². The minimum Gasteiger partial charge on any atom is -0.336 e. The van der Waals surface area contributed by atoms with E-state index in [0.717, 1.165) is 19.5 Å². The number of likely N-dealkylation sites (tertiary alicyclic amines) is 1. The van der Waals surface area contributed by atoms with Crippen LogP contribution in [0.5, 0.6) is 0 Å². The largest absolute Gasteiger partial charge is 0.336 e. The molecule has 1 N–H and O–H groups in total. The number of amides is 1. The van der Waals surface area contributed by atoms with Crippen LogP contribution in [0, 0.1) is 0 Å². The van der Waals surface area contributed by atoms with Crippen LogP contribution in [0.3, 0.4) is 0 Å². The van der Waals surface area contributed by atoms with Crippen molar-refractivity contribution in [3.63, 3.8) is 0 Å². The normalized spacial score (nSPS) is 28.2. The molecule has 0 aromatic carbocycles. The van der Waals surface area contributed by atoms with E-state index in [1.807, 2.05) is 18.1 Å². The van der Waals surface area contributed by atoms with Crippen molar-refractivity contribution >= 4 is 5.91 Å². The highest BCUT2D eigenvalue weighted by molar-refractivity contribution is 5.92. The summed E-state index contributed by atoms with van der Waals surface area (Å²) in [6.07, 6.45) is 5.33. The molecule has 1 aromatic rings. The van der Waals surface area contributed by atoms with Crippen molar-refractivity contribution < 1.29 is 4.79 Å². The zero-order valence-electron chi connectivity index (χ0n) is 10.1. The fraction of sp³-hybridized carbons (Fsp3) is 0.667. The number of hydrogen-bond donors (Lipinski definition) is 1. The van der Waals surface area contributed by atoms with Crippen LogP contribution in [0.15, 0.2) is 12.3 Å². The number of fused-ring (bicyclic) bond motifs is 2. The summed E-state index contributed by atoms with van der Waals surface area (Å²) in [7, 11) is 1.84. The van der Waals surface area contributed by atoms with Crippen molar-refractivity contribution in [1.29, 1.82) is 0 Å². The summed E-state index contributed by atoms with van der Waals surface area (Å²) in [4.78, 5) is 14.2. The number of aromatic nitrogens is 2. The Kier molecular flexibility index (Phi) is 2.63. The Morgan fingerprint density at radius 1 is 1.41 bits per heavy atom. The lowest BCUT2D eigenvalue weighted by Crippen LogP contribution is -2.39. The van der Waals surface area contributed by atoms with E-state index < -0.39 is 0 Å². The molecule has 3 heterocycles. The van der Waals surface area contributed by atoms with E-state index in [9.17, 15) is 4.79 Å². The van der Waals surface area contributed by atoms with E-state index in [2.05, 4.69) is 10.4 Å². The third kappa shape index (κ3) is 2.07. The molecule has 5 nitrogen and oxygen atoms in total. The predicted molar refractivity (Wildman–Crippen MR) is 63.7 cm³/mol. The van der Waals surface area contributed by atoms with Crippen LogP contribution < -0.4 is 5.32 Å². The van der Waals surface area contributed by atoms with Crippen LogP contribution in [0.1, 0.15) is 29.8 Å². The molecule has 2 saturated heterocycles. The van der Waals surface area contributed by atoms with Gasteiger partial charge in [-0.2, -0.15) is 5.10 Å². The van der Waals surface area contributed by atoms with Gasteiger partial charge in [-0.15, -0.1) is 0 Å². The van der Waals surface area contributed by atoms with Crippen molar-refractivity contribution in [1.82, 2.24) is 20.0 Å². The Balaban J connectivity index is 1.73. The average molecular weight is 234 g/mol. The molecule has 5 heteroatoms. The molecule has 2 unspecified atom stereocenters. The minimum atomic E-state index is 0.0694. The molecule has 1 amide bonds. The molecular formula is C12H18N4O. The van der Waals surface area contributed by atoms with Gasteiger partial charge in [0.1, 0.15) is 5.69 Å². The molecule has 2 aliphatic rings. The van der Waals surface area contributed by atoms with Crippen LogP contribution in [-0.2, 0) is 7.05 Å². The second kappa shape index (κ2) is 4.14. The van der Waals surface area contributed by atoms with Crippen LogP contribution in [0.25, 0.3) is 0 Å². The smallest absolute Gasteiger partial charge is 0.274 e. The Hall–Kier alpha value is -1.36. The third-order valence-corrected chi connectivity index (χ3v) is 3.74. The highest BCUT2D eigenvalue weighted by Gasteiger charge is 2.31. The zero-order chi connectivity index (χ0) is 11.8. The second-order valence-electron chi connectivity index (χ2n) is 5.05. The second-order valence-corrected chi connectivity index (χ2v) is 5.05. The van der Waals surface area contributed by atoms with E-state index in [4.69, 9.17) is 0 Å². The van der Waals surface area contributed by atoms with Gasteiger partial charge in [-0.05, 0) is 25.3 Å². The maximum atomic E-state index is 12.3. The Labute approximate surface area is 101 Å². The van der Waals surface area contributed by atoms with Gasteiger partial charge in [-0.25, -0.2) is 0 Å². The summed E-state index contributed by atoms with van der Waals surface area (Å²) in [5.41, 5.74) is 0.560. The minimum absolute atomic E-state index is 0.0694. The van der Waals surface area contributed by atoms with Gasteiger partial charge in [0.2, 0.25) is 0 Å². The highest BCUT2D eigenvalue weighted by atomic mass is 16.2. The van der Waals surface area contributed by atoms with Crippen LogP contribution in [0.2, 0.25) is 0 Å². The number of carbonyl (C=O) groups excluding carboxylic acids is 1. The van der Waals surface area contributed by atoms with Gasteiger partial charge in [0, 0.05) is 38.4 Å². The molecule has 2 aliphatic heterocycles. The number of aryl methyl sites for hydroxylation is 1. The predicted octanol–water partition coefficient (Wildman–Crippen LogP) is 0.387. The maximum absolute atomic E-state index is 12.3. The topological polar surface area (TPSA) is 50.2 Å². The van der Waals surface area contributed by atoms with E-state index >= 15 is 0 Å². The van der Waals surface area contributed by atoms with Gasteiger partial charge >= 0.3 is 0 Å². The van der Waals surface area contributed by atoms with E-state index in [-0.39, 0.29) is 5.91 Å². The maximum Gasteiger partial charge on any atom is 0.274 e. The molecule has 17 heavy (non-hydrogen) atoms. The Morgan fingerprint density at radius 3 is 3.00 bits per heavy atom. The molecule has 2 fully saturated rings. The summed E-state index contributed by atoms with van der Waals surface area (Å²) in [6, 6.07) is 2.88. The fourth-order valence-electron chi connectivity index (χ4n) is 2.82. The summed E-state index contributed by atoms with van der Waals surface area (Å²) in [5, 5.41) is 7.76. The molecule has 0 spiro atoms. The van der Waals surface area contributed by atoms with Gasteiger partial charge in [0.25, 0.3) is 5.91 Å². The van der Waals surface area contributed by atoms with E-state index in [1.165, 1.54) is 12.8 Å². The SMILES string of the molecule is Cn1ccc(C(=O)N2CCC3CCC(C2)N3)n1. The molecule has 0 saturated carbocycles. The monoisotopic (exact) mass is 234 g/mol. The summed E-state index contributed by atoms with van der Waals surface area (Å²) in [5.74, 6) is 0.0694. The van der Waals surface area contributed by atoms with Gasteiger partial charge < -0.3 is 10.2 Å². The zero-order valence-corrected chi connectivity index (χ0v) is 10.1. The van der Waals surface area contributed by atoms with Crippen molar-refractivity contribution in [3.05, 3.63) is 18.0 Å². The van der Waals surface area contributed by atoms with Crippen LogP contribution in [0.4, 0.5) is 0 Å². The first-order valence-corrected chi connectivity index (χ1v) is 6.27. The summed E-state index contributed by atoms with van der Waals surface area (Å²) < 4.78 is 1.68. The number of hydrogen-bond acceptors (Lipinski definition) is 3. The van der Waals surface area contributed by atoms with Crippen molar-refractivity contribution in [3.8, 4) is 0 Å². The number of nitrogens with one attached hydrogen (secondary N) is 1. The molecular weight excluding hydrogens is 216 g/mol. The summed E-state index contributed by atoms with van der Waals surface area (Å²) >= 11 is 0. The third-order valence-electron chi connectivity index (χ3n) is 3.74. The standard InChI is InChI=1S/C12H18N4O/c1-15-6-5-11(14-15)12(17)16-7-4-9-2-3-10(8-16)13-9/h5-6,9-10,13H,2-4,7-8H2,1H3. The number of nitrogens with zero attached hydrogens (tertiary/aromatic N) is 3. The molecule has 0 radical (unpaired) electrons. The van der Waals surface area contributed by atoms with Gasteiger partial charge in [0.15, 0.2) is 0 Å². The van der Waals surface area contributed by atoms with Crippen molar-refractivity contribution in [2.24, 2.45) is 7.05 Å². The summed E-state index contributed by atoms with van der Waals surface area (Å²) in [6.45, 7) is 1.68. The number of rotatable bonds is 1. The molecule has 92 valence electrons.